The zero-order valence-corrected chi connectivity index (χ0v) is 11.2. The minimum absolute atomic E-state index is 0.0706. The number of carbonyl (C=O) groups excluding carboxylic acids is 1. The summed E-state index contributed by atoms with van der Waals surface area (Å²) >= 11 is 0. The molecule has 2 aromatic rings. The van der Waals surface area contributed by atoms with Gasteiger partial charge in [0.25, 0.3) is 5.91 Å². The van der Waals surface area contributed by atoms with Crippen LogP contribution in [0, 0.1) is 0 Å². The Morgan fingerprint density at radius 3 is 2.90 bits per heavy atom. The average molecular weight is 276 g/mol. The standard InChI is InChI=1S/C12H16N6O2/c1-7(2)15-11(19)8-3-4-13-9(5-8)14-6-10-16-12(20)18-17-10/h3-5,7H,6H2,1-2H3,(H,13,14)(H,15,19)(H2,16,17,18,20). The van der Waals surface area contributed by atoms with E-state index in [0.29, 0.717) is 23.8 Å². The van der Waals surface area contributed by atoms with Crippen LogP contribution in [0.4, 0.5) is 5.82 Å². The minimum atomic E-state index is -0.361. The lowest BCUT2D eigenvalue weighted by Gasteiger charge is -2.09. The Bertz CT molecular complexity index is 645. The number of H-pyrrole nitrogens is 2. The predicted molar refractivity (Wildman–Crippen MR) is 73.4 cm³/mol. The molecule has 0 saturated carbocycles. The number of carbonyl (C=O) groups is 1. The highest BCUT2D eigenvalue weighted by atomic mass is 16.2. The van der Waals surface area contributed by atoms with Crippen molar-refractivity contribution >= 4 is 11.7 Å². The van der Waals surface area contributed by atoms with Gasteiger partial charge < -0.3 is 10.6 Å². The predicted octanol–water partition coefficient (Wildman–Crippen LogP) is 0.243. The van der Waals surface area contributed by atoms with E-state index in [0.717, 1.165) is 0 Å². The van der Waals surface area contributed by atoms with E-state index in [2.05, 4.69) is 30.8 Å². The van der Waals surface area contributed by atoms with Crippen molar-refractivity contribution in [3.05, 3.63) is 40.2 Å². The summed E-state index contributed by atoms with van der Waals surface area (Å²) in [6.45, 7) is 4.10. The van der Waals surface area contributed by atoms with Gasteiger partial charge >= 0.3 is 5.69 Å². The second kappa shape index (κ2) is 6.00. The number of pyridine rings is 1. The van der Waals surface area contributed by atoms with Crippen molar-refractivity contribution in [3.63, 3.8) is 0 Å². The van der Waals surface area contributed by atoms with Crippen molar-refractivity contribution < 1.29 is 4.79 Å². The molecule has 0 spiro atoms. The van der Waals surface area contributed by atoms with Gasteiger partial charge in [-0.1, -0.05) is 0 Å². The van der Waals surface area contributed by atoms with Crippen LogP contribution in [0.3, 0.4) is 0 Å². The monoisotopic (exact) mass is 276 g/mol. The largest absolute Gasteiger partial charge is 0.363 e. The van der Waals surface area contributed by atoms with Crippen molar-refractivity contribution in [2.24, 2.45) is 0 Å². The summed E-state index contributed by atoms with van der Waals surface area (Å²) in [5, 5.41) is 11.8. The maximum Gasteiger partial charge on any atom is 0.340 e. The molecule has 20 heavy (non-hydrogen) atoms. The zero-order chi connectivity index (χ0) is 14.5. The molecule has 4 N–H and O–H groups in total. The third kappa shape index (κ3) is 3.67. The minimum Gasteiger partial charge on any atom is -0.363 e. The van der Waals surface area contributed by atoms with E-state index in [1.807, 2.05) is 13.8 Å². The summed E-state index contributed by atoms with van der Waals surface area (Å²) in [6.07, 6.45) is 1.55. The molecule has 0 bridgehead atoms. The van der Waals surface area contributed by atoms with E-state index in [1.54, 1.807) is 18.3 Å². The molecule has 2 rings (SSSR count). The lowest BCUT2D eigenvalue weighted by Crippen LogP contribution is -2.30. The molecule has 0 aliphatic rings. The highest BCUT2D eigenvalue weighted by molar-refractivity contribution is 5.94. The Kier molecular flexibility index (Phi) is 4.14. The molecule has 106 valence electrons. The molecule has 0 aliphatic heterocycles. The maximum atomic E-state index is 11.9. The van der Waals surface area contributed by atoms with Gasteiger partial charge in [-0.3, -0.25) is 9.78 Å². The number of hydrogen-bond acceptors (Lipinski definition) is 5. The lowest BCUT2D eigenvalue weighted by molar-refractivity contribution is 0.0943. The normalized spacial score (nSPS) is 10.6. The quantitative estimate of drug-likeness (QED) is 0.624. The lowest BCUT2D eigenvalue weighted by atomic mass is 10.2. The van der Waals surface area contributed by atoms with E-state index in [1.165, 1.54) is 0 Å². The SMILES string of the molecule is CC(C)NC(=O)c1ccnc(NCc2n[nH]c(=O)[nH]2)c1. The first-order valence-corrected chi connectivity index (χ1v) is 6.19. The second-order valence-corrected chi connectivity index (χ2v) is 4.54. The molecule has 2 heterocycles. The van der Waals surface area contributed by atoms with E-state index in [-0.39, 0.29) is 17.6 Å². The van der Waals surface area contributed by atoms with E-state index < -0.39 is 0 Å². The summed E-state index contributed by atoms with van der Waals surface area (Å²) in [4.78, 5) is 29.4. The molecule has 1 amide bonds. The van der Waals surface area contributed by atoms with Gasteiger partial charge in [0.2, 0.25) is 0 Å². The van der Waals surface area contributed by atoms with Crippen LogP contribution in [0.2, 0.25) is 0 Å². The van der Waals surface area contributed by atoms with E-state index in [9.17, 15) is 9.59 Å². The molecule has 0 aromatic carbocycles. The Hall–Kier alpha value is -2.64. The van der Waals surface area contributed by atoms with Crippen LogP contribution in [0.15, 0.2) is 23.1 Å². The van der Waals surface area contributed by atoms with Gasteiger partial charge in [-0.25, -0.2) is 14.9 Å². The number of rotatable bonds is 5. The van der Waals surface area contributed by atoms with Crippen molar-refractivity contribution in [1.82, 2.24) is 25.5 Å². The Morgan fingerprint density at radius 2 is 2.25 bits per heavy atom. The van der Waals surface area contributed by atoms with Gasteiger partial charge in [0.1, 0.15) is 11.6 Å². The van der Waals surface area contributed by atoms with E-state index >= 15 is 0 Å². The number of anilines is 1. The molecule has 0 saturated heterocycles. The number of nitrogens with zero attached hydrogens (tertiary/aromatic N) is 2. The Labute approximate surface area is 115 Å². The maximum absolute atomic E-state index is 11.9. The third-order valence-electron chi connectivity index (χ3n) is 2.43. The molecular weight excluding hydrogens is 260 g/mol. The molecule has 8 heteroatoms. The molecule has 8 nitrogen and oxygen atoms in total. The molecule has 0 aliphatic carbocycles. The fourth-order valence-corrected chi connectivity index (χ4v) is 1.58. The topological polar surface area (TPSA) is 116 Å². The second-order valence-electron chi connectivity index (χ2n) is 4.54. The van der Waals surface area contributed by atoms with Crippen LogP contribution in [-0.2, 0) is 6.54 Å². The Balaban J connectivity index is 2.02. The molecule has 2 aromatic heterocycles. The van der Waals surface area contributed by atoms with Crippen molar-refractivity contribution in [1.29, 1.82) is 0 Å². The molecule has 0 radical (unpaired) electrons. The fraction of sp³-hybridized carbons (Fsp3) is 0.333. The molecule has 0 unspecified atom stereocenters. The first kappa shape index (κ1) is 13.8. The van der Waals surface area contributed by atoms with Crippen LogP contribution < -0.4 is 16.3 Å². The van der Waals surface area contributed by atoms with Crippen LogP contribution in [0.25, 0.3) is 0 Å². The van der Waals surface area contributed by atoms with E-state index in [4.69, 9.17) is 0 Å². The van der Waals surface area contributed by atoms with Gasteiger partial charge in [-0.05, 0) is 26.0 Å². The van der Waals surface area contributed by atoms with Gasteiger partial charge in [-0.2, -0.15) is 5.10 Å². The van der Waals surface area contributed by atoms with Gasteiger partial charge in [0.05, 0.1) is 6.54 Å². The fourth-order valence-electron chi connectivity index (χ4n) is 1.58. The number of amides is 1. The van der Waals surface area contributed by atoms with Crippen LogP contribution in [0.1, 0.15) is 30.0 Å². The first-order valence-electron chi connectivity index (χ1n) is 6.19. The summed E-state index contributed by atoms with van der Waals surface area (Å²) in [5.41, 5.74) is 0.159. The first-order chi connectivity index (χ1) is 9.54. The average Bonchev–Trinajstić information content (AvgIpc) is 2.82. The van der Waals surface area contributed by atoms with Crippen LogP contribution in [-0.4, -0.2) is 32.1 Å². The van der Waals surface area contributed by atoms with Gasteiger partial charge in [0.15, 0.2) is 0 Å². The summed E-state index contributed by atoms with van der Waals surface area (Å²) in [7, 11) is 0. The summed E-state index contributed by atoms with van der Waals surface area (Å²) < 4.78 is 0. The number of hydrogen-bond donors (Lipinski definition) is 4. The highest BCUT2D eigenvalue weighted by Gasteiger charge is 2.08. The molecule has 0 atom stereocenters. The van der Waals surface area contributed by atoms with Crippen LogP contribution in [0.5, 0.6) is 0 Å². The summed E-state index contributed by atoms with van der Waals surface area (Å²) in [5.74, 6) is 0.845. The third-order valence-corrected chi connectivity index (χ3v) is 2.43. The number of aromatic amines is 2. The Morgan fingerprint density at radius 1 is 1.45 bits per heavy atom. The van der Waals surface area contributed by atoms with Gasteiger partial charge in [-0.15, -0.1) is 0 Å². The smallest absolute Gasteiger partial charge is 0.340 e. The highest BCUT2D eigenvalue weighted by Crippen LogP contribution is 2.07. The van der Waals surface area contributed by atoms with Crippen molar-refractivity contribution in [3.8, 4) is 0 Å². The number of nitrogens with one attached hydrogen (secondary N) is 4. The number of aromatic nitrogens is 4. The van der Waals surface area contributed by atoms with Crippen molar-refractivity contribution in [2.75, 3.05) is 5.32 Å². The molecule has 0 fully saturated rings. The van der Waals surface area contributed by atoms with Gasteiger partial charge in [0, 0.05) is 17.8 Å². The van der Waals surface area contributed by atoms with Crippen LogP contribution >= 0.6 is 0 Å². The zero-order valence-electron chi connectivity index (χ0n) is 11.2. The summed E-state index contributed by atoms with van der Waals surface area (Å²) in [6, 6.07) is 3.35. The molecular formula is C12H16N6O2. The van der Waals surface area contributed by atoms with Crippen molar-refractivity contribution in [2.45, 2.75) is 26.4 Å².